The first kappa shape index (κ1) is 17.4. The van der Waals surface area contributed by atoms with Crippen molar-refractivity contribution in [1.29, 1.82) is 0 Å². The fraction of sp³-hybridized carbons (Fsp3) is 0.938. The first-order valence-electron chi connectivity index (χ1n) is 7.97. The minimum absolute atomic E-state index is 0.189. The van der Waals surface area contributed by atoms with Gasteiger partial charge in [-0.2, -0.15) is 0 Å². The highest BCUT2D eigenvalue weighted by molar-refractivity contribution is 5.80. The summed E-state index contributed by atoms with van der Waals surface area (Å²) < 4.78 is 10.8. The lowest BCUT2D eigenvalue weighted by Crippen LogP contribution is -2.50. The zero-order valence-electron chi connectivity index (χ0n) is 13.5. The molecular weight excluding hydrogens is 254 g/mol. The Morgan fingerprint density at radius 1 is 1.30 bits per heavy atom. The number of methoxy groups -OCH3 is 1. The van der Waals surface area contributed by atoms with Gasteiger partial charge < -0.3 is 14.8 Å². The highest BCUT2D eigenvalue weighted by Gasteiger charge is 2.32. The highest BCUT2D eigenvalue weighted by Crippen LogP contribution is 2.26. The van der Waals surface area contributed by atoms with Crippen LogP contribution in [0.1, 0.15) is 59.3 Å². The number of hydrogen-bond donors (Lipinski definition) is 1. The molecule has 1 atom stereocenters. The van der Waals surface area contributed by atoms with E-state index in [9.17, 15) is 4.79 Å². The zero-order chi connectivity index (χ0) is 15.0. The van der Waals surface area contributed by atoms with Crippen molar-refractivity contribution in [2.75, 3.05) is 20.3 Å². The molecule has 4 heteroatoms. The van der Waals surface area contributed by atoms with Gasteiger partial charge in [-0.05, 0) is 57.9 Å². The Balaban J connectivity index is 2.25. The van der Waals surface area contributed by atoms with Crippen LogP contribution in [-0.4, -0.2) is 37.9 Å². The summed E-state index contributed by atoms with van der Waals surface area (Å²) in [5.41, 5.74) is -0.589. The second kappa shape index (κ2) is 8.63. The molecule has 1 saturated carbocycles. The topological polar surface area (TPSA) is 47.6 Å². The number of carbonyl (C=O) groups is 1. The van der Waals surface area contributed by atoms with Gasteiger partial charge in [0.2, 0.25) is 0 Å². The van der Waals surface area contributed by atoms with Gasteiger partial charge in [0.1, 0.15) is 5.54 Å². The molecule has 1 N–H and O–H groups in total. The molecule has 1 fully saturated rings. The summed E-state index contributed by atoms with van der Waals surface area (Å²) >= 11 is 0. The average Bonchev–Trinajstić information content (AvgIpc) is 2.45. The molecule has 1 aliphatic rings. The van der Waals surface area contributed by atoms with E-state index in [4.69, 9.17) is 9.47 Å². The quantitative estimate of drug-likeness (QED) is 0.550. The molecule has 0 aliphatic heterocycles. The smallest absolute Gasteiger partial charge is 0.325 e. The van der Waals surface area contributed by atoms with Gasteiger partial charge in [0.05, 0.1) is 13.2 Å². The second-order valence-corrected chi connectivity index (χ2v) is 6.21. The number of likely N-dealkylation sites (N-methyl/N-ethyl adjacent to an activating group) is 1. The van der Waals surface area contributed by atoms with Crippen molar-refractivity contribution in [3.63, 3.8) is 0 Å². The Labute approximate surface area is 123 Å². The molecule has 0 aromatic carbocycles. The number of ether oxygens (including phenoxy) is 2. The highest BCUT2D eigenvalue weighted by atomic mass is 16.5. The van der Waals surface area contributed by atoms with Crippen molar-refractivity contribution in [3.8, 4) is 0 Å². The first-order valence-corrected chi connectivity index (χ1v) is 7.97. The molecule has 0 heterocycles. The van der Waals surface area contributed by atoms with Gasteiger partial charge in [-0.25, -0.2) is 0 Å². The Hall–Kier alpha value is -0.610. The summed E-state index contributed by atoms with van der Waals surface area (Å²) in [5, 5.41) is 3.22. The lowest BCUT2D eigenvalue weighted by molar-refractivity contribution is -0.148. The summed E-state index contributed by atoms with van der Waals surface area (Å²) in [4.78, 5) is 11.8. The van der Waals surface area contributed by atoms with E-state index in [2.05, 4.69) is 12.2 Å². The lowest BCUT2D eigenvalue weighted by Gasteiger charge is -2.29. The van der Waals surface area contributed by atoms with Crippen LogP contribution in [0.4, 0.5) is 0 Å². The Morgan fingerprint density at radius 3 is 2.50 bits per heavy atom. The van der Waals surface area contributed by atoms with Gasteiger partial charge in [0.25, 0.3) is 0 Å². The summed E-state index contributed by atoms with van der Waals surface area (Å²) in [5.74, 6) is 0.664. The summed E-state index contributed by atoms with van der Waals surface area (Å²) in [6.45, 7) is 7.71. The van der Waals surface area contributed by atoms with E-state index in [0.717, 1.165) is 31.9 Å². The van der Waals surface area contributed by atoms with Gasteiger partial charge in [0.15, 0.2) is 0 Å². The van der Waals surface area contributed by atoms with Crippen molar-refractivity contribution >= 4 is 5.97 Å². The number of hydrogen-bond acceptors (Lipinski definition) is 4. The lowest BCUT2D eigenvalue weighted by atomic mass is 9.89. The van der Waals surface area contributed by atoms with E-state index in [-0.39, 0.29) is 5.97 Å². The molecule has 0 saturated heterocycles. The van der Waals surface area contributed by atoms with E-state index in [1.807, 2.05) is 13.8 Å². The van der Waals surface area contributed by atoms with E-state index >= 15 is 0 Å². The van der Waals surface area contributed by atoms with E-state index in [0.29, 0.717) is 6.10 Å². The molecule has 1 aliphatic carbocycles. The van der Waals surface area contributed by atoms with E-state index in [1.165, 1.54) is 32.8 Å². The van der Waals surface area contributed by atoms with Crippen molar-refractivity contribution in [2.45, 2.75) is 70.9 Å². The molecule has 0 aromatic heterocycles. The summed E-state index contributed by atoms with van der Waals surface area (Å²) in [7, 11) is 1.44. The van der Waals surface area contributed by atoms with Crippen molar-refractivity contribution in [3.05, 3.63) is 0 Å². The molecule has 0 amide bonds. The number of esters is 1. The molecule has 4 nitrogen and oxygen atoms in total. The third kappa shape index (κ3) is 5.41. The fourth-order valence-corrected chi connectivity index (χ4v) is 2.95. The standard InChI is InChI=1S/C16H31NO3/c1-5-17-16(3,15(18)19-4)11-6-12-20-14-9-7-13(2)8-10-14/h13-14,17H,5-12H2,1-4H3. The van der Waals surface area contributed by atoms with Crippen molar-refractivity contribution < 1.29 is 14.3 Å². The predicted octanol–water partition coefficient (Wildman–Crippen LogP) is 2.90. The predicted molar refractivity (Wildman–Crippen MR) is 80.7 cm³/mol. The van der Waals surface area contributed by atoms with Gasteiger partial charge in [0, 0.05) is 6.61 Å². The maximum Gasteiger partial charge on any atom is 0.325 e. The molecule has 0 radical (unpaired) electrons. The third-order valence-corrected chi connectivity index (χ3v) is 4.34. The van der Waals surface area contributed by atoms with Gasteiger partial charge in [-0.3, -0.25) is 4.79 Å². The van der Waals surface area contributed by atoms with Crippen LogP contribution in [0, 0.1) is 5.92 Å². The monoisotopic (exact) mass is 285 g/mol. The largest absolute Gasteiger partial charge is 0.468 e. The van der Waals surface area contributed by atoms with Crippen molar-refractivity contribution in [2.24, 2.45) is 5.92 Å². The molecule has 1 rings (SSSR count). The summed E-state index contributed by atoms with van der Waals surface area (Å²) in [6.07, 6.45) is 6.98. The molecule has 0 aromatic rings. The molecule has 0 bridgehead atoms. The maximum absolute atomic E-state index is 11.8. The van der Waals surface area contributed by atoms with Crippen LogP contribution in [0.3, 0.4) is 0 Å². The van der Waals surface area contributed by atoms with E-state index in [1.54, 1.807) is 0 Å². The average molecular weight is 285 g/mol. The van der Waals surface area contributed by atoms with Crippen LogP contribution >= 0.6 is 0 Å². The van der Waals surface area contributed by atoms with Crippen LogP contribution in [-0.2, 0) is 14.3 Å². The summed E-state index contributed by atoms with van der Waals surface area (Å²) in [6, 6.07) is 0. The number of rotatable bonds is 8. The SMILES string of the molecule is CCNC(C)(CCCOC1CCC(C)CC1)C(=O)OC. The van der Waals surface area contributed by atoms with Crippen LogP contribution in [0.15, 0.2) is 0 Å². The maximum atomic E-state index is 11.8. The molecule has 20 heavy (non-hydrogen) atoms. The minimum atomic E-state index is -0.589. The van der Waals surface area contributed by atoms with Crippen LogP contribution in [0.25, 0.3) is 0 Å². The minimum Gasteiger partial charge on any atom is -0.468 e. The molecule has 0 spiro atoms. The molecular formula is C16H31NO3. The van der Waals surface area contributed by atoms with E-state index < -0.39 is 5.54 Å². The second-order valence-electron chi connectivity index (χ2n) is 6.21. The van der Waals surface area contributed by atoms with Crippen LogP contribution in [0.2, 0.25) is 0 Å². The van der Waals surface area contributed by atoms with Crippen LogP contribution in [0.5, 0.6) is 0 Å². The van der Waals surface area contributed by atoms with Gasteiger partial charge in [-0.1, -0.05) is 13.8 Å². The zero-order valence-corrected chi connectivity index (χ0v) is 13.5. The van der Waals surface area contributed by atoms with Gasteiger partial charge >= 0.3 is 5.97 Å². The van der Waals surface area contributed by atoms with Crippen LogP contribution < -0.4 is 5.32 Å². The normalized spacial score (nSPS) is 26.0. The Morgan fingerprint density at radius 2 is 1.95 bits per heavy atom. The molecule has 118 valence electrons. The Kier molecular flexibility index (Phi) is 7.52. The van der Waals surface area contributed by atoms with Gasteiger partial charge in [-0.15, -0.1) is 0 Å². The first-order chi connectivity index (χ1) is 9.51. The number of nitrogens with one attached hydrogen (secondary N) is 1. The molecule has 1 unspecified atom stereocenters. The fourth-order valence-electron chi connectivity index (χ4n) is 2.95. The number of carbonyl (C=O) groups excluding carboxylic acids is 1. The van der Waals surface area contributed by atoms with Crippen molar-refractivity contribution in [1.82, 2.24) is 5.32 Å². The third-order valence-electron chi connectivity index (χ3n) is 4.34. The Bertz CT molecular complexity index is 287.